The van der Waals surface area contributed by atoms with Gasteiger partial charge in [0.1, 0.15) is 0 Å². The number of hydrogen-bond donors (Lipinski definition) is 0. The summed E-state index contributed by atoms with van der Waals surface area (Å²) in [7, 11) is 0. The average Bonchev–Trinajstić information content (AvgIpc) is 2.05. The summed E-state index contributed by atoms with van der Waals surface area (Å²) < 4.78 is 0. The van der Waals surface area contributed by atoms with E-state index in [9.17, 15) is 0 Å². The number of aryl methyl sites for hydroxylation is 2. The second kappa shape index (κ2) is 3.70. The Bertz CT molecular complexity index is 264. The van der Waals surface area contributed by atoms with Crippen LogP contribution in [0.3, 0.4) is 0 Å². The molecule has 0 aliphatic rings. The largest absolute Gasteiger partial charge is 0.261 e. The second-order valence-corrected chi connectivity index (χ2v) is 3.54. The smallest absolute Gasteiger partial charge is 0.0431 e. The molecular formula is C11H17N. The molecule has 0 unspecified atom stereocenters. The van der Waals surface area contributed by atoms with E-state index in [2.05, 4.69) is 38.7 Å². The summed E-state index contributed by atoms with van der Waals surface area (Å²) in [6.45, 7) is 8.66. The molecule has 0 saturated carbocycles. The van der Waals surface area contributed by atoms with E-state index in [-0.39, 0.29) is 0 Å². The molecule has 0 bridgehead atoms. The first-order valence-corrected chi connectivity index (χ1v) is 4.60. The summed E-state index contributed by atoms with van der Waals surface area (Å²) in [6, 6.07) is 2.22. The molecule has 1 aromatic rings. The molecule has 1 heterocycles. The summed E-state index contributed by atoms with van der Waals surface area (Å²) in [4.78, 5) is 4.39. The van der Waals surface area contributed by atoms with E-state index in [1.807, 2.05) is 6.20 Å². The lowest BCUT2D eigenvalue weighted by atomic mass is 10.0. The molecule has 0 fully saturated rings. The van der Waals surface area contributed by atoms with Gasteiger partial charge in [0.2, 0.25) is 0 Å². The van der Waals surface area contributed by atoms with Crippen LogP contribution < -0.4 is 0 Å². The van der Waals surface area contributed by atoms with Crippen molar-refractivity contribution in [2.75, 3.05) is 0 Å². The highest BCUT2D eigenvalue weighted by Gasteiger charge is 2.02. The van der Waals surface area contributed by atoms with Crippen LogP contribution in [-0.2, 0) is 6.42 Å². The van der Waals surface area contributed by atoms with Gasteiger partial charge in [-0.25, -0.2) is 0 Å². The minimum Gasteiger partial charge on any atom is -0.261 e. The topological polar surface area (TPSA) is 12.9 Å². The molecule has 1 aromatic heterocycles. The fraction of sp³-hybridized carbons (Fsp3) is 0.545. The quantitative estimate of drug-likeness (QED) is 0.653. The van der Waals surface area contributed by atoms with Gasteiger partial charge in [-0.05, 0) is 36.5 Å². The Hall–Kier alpha value is -0.850. The molecule has 0 atom stereocenters. The van der Waals surface area contributed by atoms with Gasteiger partial charge in [0.25, 0.3) is 0 Å². The Labute approximate surface area is 74.8 Å². The zero-order valence-electron chi connectivity index (χ0n) is 8.39. The molecule has 0 saturated heterocycles. The third-order valence-electron chi connectivity index (χ3n) is 2.21. The SMILES string of the molecule is CCc1cc(C(C)C)ncc1C. The van der Waals surface area contributed by atoms with Crippen LogP contribution in [0.5, 0.6) is 0 Å². The van der Waals surface area contributed by atoms with Crippen molar-refractivity contribution in [3.63, 3.8) is 0 Å². The van der Waals surface area contributed by atoms with E-state index in [0.717, 1.165) is 6.42 Å². The molecule has 12 heavy (non-hydrogen) atoms. The number of hydrogen-bond acceptors (Lipinski definition) is 1. The maximum Gasteiger partial charge on any atom is 0.0431 e. The van der Waals surface area contributed by atoms with E-state index >= 15 is 0 Å². The maximum atomic E-state index is 4.39. The Balaban J connectivity index is 3.05. The predicted molar refractivity (Wildman–Crippen MR) is 52.4 cm³/mol. The van der Waals surface area contributed by atoms with Gasteiger partial charge in [0, 0.05) is 11.9 Å². The van der Waals surface area contributed by atoms with Crippen molar-refractivity contribution in [2.45, 2.75) is 40.0 Å². The summed E-state index contributed by atoms with van der Waals surface area (Å²) in [5, 5.41) is 0. The first kappa shape index (κ1) is 9.24. The van der Waals surface area contributed by atoms with Gasteiger partial charge in [-0.2, -0.15) is 0 Å². The van der Waals surface area contributed by atoms with Crippen LogP contribution >= 0.6 is 0 Å². The summed E-state index contributed by atoms with van der Waals surface area (Å²) >= 11 is 0. The minimum absolute atomic E-state index is 0.538. The van der Waals surface area contributed by atoms with Crippen molar-refractivity contribution in [3.05, 3.63) is 29.1 Å². The normalized spacial score (nSPS) is 10.8. The standard InChI is InChI=1S/C11H17N/c1-5-10-6-11(8(2)3)12-7-9(10)4/h6-8H,5H2,1-4H3. The first-order chi connectivity index (χ1) is 5.65. The van der Waals surface area contributed by atoms with Crippen LogP contribution in [0, 0.1) is 6.92 Å². The third kappa shape index (κ3) is 1.84. The maximum absolute atomic E-state index is 4.39. The lowest BCUT2D eigenvalue weighted by Gasteiger charge is -2.08. The molecular weight excluding hydrogens is 146 g/mol. The first-order valence-electron chi connectivity index (χ1n) is 4.60. The lowest BCUT2D eigenvalue weighted by Crippen LogP contribution is -1.96. The Morgan fingerprint density at radius 1 is 1.42 bits per heavy atom. The highest BCUT2D eigenvalue weighted by molar-refractivity contribution is 5.26. The fourth-order valence-electron chi connectivity index (χ4n) is 1.28. The van der Waals surface area contributed by atoms with E-state index in [0.29, 0.717) is 5.92 Å². The average molecular weight is 163 g/mol. The van der Waals surface area contributed by atoms with E-state index in [4.69, 9.17) is 0 Å². The minimum atomic E-state index is 0.538. The number of aromatic nitrogens is 1. The monoisotopic (exact) mass is 163 g/mol. The number of rotatable bonds is 2. The van der Waals surface area contributed by atoms with Crippen molar-refractivity contribution < 1.29 is 0 Å². The van der Waals surface area contributed by atoms with E-state index in [1.54, 1.807) is 0 Å². The number of nitrogens with zero attached hydrogens (tertiary/aromatic N) is 1. The predicted octanol–water partition coefficient (Wildman–Crippen LogP) is 3.08. The van der Waals surface area contributed by atoms with Gasteiger partial charge >= 0.3 is 0 Å². The van der Waals surface area contributed by atoms with Gasteiger partial charge < -0.3 is 0 Å². The van der Waals surface area contributed by atoms with Gasteiger partial charge in [0.05, 0.1) is 0 Å². The molecule has 0 N–H and O–H groups in total. The molecule has 0 spiro atoms. The molecule has 0 amide bonds. The molecule has 1 nitrogen and oxygen atoms in total. The van der Waals surface area contributed by atoms with Crippen LogP contribution in [-0.4, -0.2) is 4.98 Å². The summed E-state index contributed by atoms with van der Waals surface area (Å²) in [5.74, 6) is 0.538. The fourth-order valence-corrected chi connectivity index (χ4v) is 1.28. The van der Waals surface area contributed by atoms with Crippen LogP contribution in [0.4, 0.5) is 0 Å². The second-order valence-electron chi connectivity index (χ2n) is 3.54. The molecule has 0 aromatic carbocycles. The number of pyridine rings is 1. The van der Waals surface area contributed by atoms with Crippen molar-refractivity contribution in [3.8, 4) is 0 Å². The lowest BCUT2D eigenvalue weighted by molar-refractivity contribution is 0.815. The van der Waals surface area contributed by atoms with Crippen LogP contribution in [0.15, 0.2) is 12.3 Å². The van der Waals surface area contributed by atoms with Gasteiger partial charge in [-0.15, -0.1) is 0 Å². The molecule has 0 aliphatic carbocycles. The third-order valence-corrected chi connectivity index (χ3v) is 2.21. The summed E-state index contributed by atoms with van der Waals surface area (Å²) in [6.07, 6.45) is 3.09. The van der Waals surface area contributed by atoms with Gasteiger partial charge in [-0.3, -0.25) is 4.98 Å². The van der Waals surface area contributed by atoms with E-state index < -0.39 is 0 Å². The molecule has 0 radical (unpaired) electrons. The summed E-state index contributed by atoms with van der Waals surface area (Å²) in [5.41, 5.74) is 3.94. The van der Waals surface area contributed by atoms with Crippen molar-refractivity contribution >= 4 is 0 Å². The Morgan fingerprint density at radius 3 is 2.58 bits per heavy atom. The molecule has 66 valence electrons. The molecule has 1 rings (SSSR count). The highest BCUT2D eigenvalue weighted by atomic mass is 14.7. The van der Waals surface area contributed by atoms with Gasteiger partial charge in [0.15, 0.2) is 0 Å². The van der Waals surface area contributed by atoms with Crippen molar-refractivity contribution in [1.82, 2.24) is 4.98 Å². The van der Waals surface area contributed by atoms with E-state index in [1.165, 1.54) is 16.8 Å². The Kier molecular flexibility index (Phi) is 2.85. The van der Waals surface area contributed by atoms with Crippen LogP contribution in [0.2, 0.25) is 0 Å². The van der Waals surface area contributed by atoms with Gasteiger partial charge in [-0.1, -0.05) is 20.8 Å². The van der Waals surface area contributed by atoms with Crippen molar-refractivity contribution in [2.24, 2.45) is 0 Å². The van der Waals surface area contributed by atoms with Crippen LogP contribution in [0.1, 0.15) is 43.5 Å². The van der Waals surface area contributed by atoms with Crippen molar-refractivity contribution in [1.29, 1.82) is 0 Å². The van der Waals surface area contributed by atoms with Crippen LogP contribution in [0.25, 0.3) is 0 Å². The zero-order valence-corrected chi connectivity index (χ0v) is 8.39. The Morgan fingerprint density at radius 2 is 2.08 bits per heavy atom. The zero-order chi connectivity index (χ0) is 9.14. The molecule has 1 heteroatoms. The highest BCUT2D eigenvalue weighted by Crippen LogP contribution is 2.15. The molecule has 0 aliphatic heterocycles.